The maximum Gasteiger partial charge on any atom is 0.0541 e. The molecule has 7 rings (SSSR count). The average molecular weight is 594 g/mol. The zero-order valence-corrected chi connectivity index (χ0v) is 28.4. The standard InChI is InChI=1S/C42H43NS/c1-40(2,3)27-23-26(24-28(25-27)41(4,5)6)29-17-14-20-35-37(29)38-36(44-35)22-21-34(39(38)42(7,8)9)43-32-18-12-10-15-30(32)31-16-11-13-19-33(31)43/h10-25H,1-9H3. The summed E-state index contributed by atoms with van der Waals surface area (Å²) in [7, 11) is 0. The van der Waals surface area contributed by atoms with Crippen molar-refractivity contribution in [2.24, 2.45) is 0 Å². The highest BCUT2D eigenvalue weighted by atomic mass is 32.1. The maximum atomic E-state index is 2.51. The van der Waals surface area contributed by atoms with Crippen LogP contribution in [-0.2, 0) is 16.2 Å². The van der Waals surface area contributed by atoms with Crippen LogP contribution in [0, 0.1) is 0 Å². The fourth-order valence-corrected chi connectivity index (χ4v) is 8.06. The van der Waals surface area contributed by atoms with Gasteiger partial charge in [-0.05, 0) is 74.4 Å². The molecular weight excluding hydrogens is 551 g/mol. The normalized spacial score (nSPS) is 13.1. The lowest BCUT2D eigenvalue weighted by atomic mass is 9.78. The van der Waals surface area contributed by atoms with Gasteiger partial charge in [0.1, 0.15) is 0 Å². The maximum absolute atomic E-state index is 2.51. The number of nitrogens with zero attached hydrogens (tertiary/aromatic N) is 1. The average Bonchev–Trinajstić information content (AvgIpc) is 3.51. The quantitative estimate of drug-likeness (QED) is 0.188. The summed E-state index contributed by atoms with van der Waals surface area (Å²) in [6.45, 7) is 21.1. The van der Waals surface area contributed by atoms with Crippen molar-refractivity contribution in [1.82, 2.24) is 4.57 Å². The van der Waals surface area contributed by atoms with Crippen LogP contribution >= 0.6 is 11.3 Å². The van der Waals surface area contributed by atoms with Gasteiger partial charge in [0.2, 0.25) is 0 Å². The highest BCUT2D eigenvalue weighted by Crippen LogP contribution is 2.48. The van der Waals surface area contributed by atoms with Crippen molar-refractivity contribution in [3.63, 3.8) is 0 Å². The van der Waals surface area contributed by atoms with E-state index >= 15 is 0 Å². The molecule has 0 bridgehead atoms. The molecular formula is C42H43NS. The second kappa shape index (κ2) is 9.81. The highest BCUT2D eigenvalue weighted by Gasteiger charge is 2.28. The minimum Gasteiger partial charge on any atom is -0.309 e. The molecule has 0 saturated carbocycles. The molecule has 5 aromatic carbocycles. The number of benzene rings is 5. The Morgan fingerprint density at radius 1 is 0.500 bits per heavy atom. The smallest absolute Gasteiger partial charge is 0.0541 e. The van der Waals surface area contributed by atoms with Crippen molar-refractivity contribution in [2.75, 3.05) is 0 Å². The van der Waals surface area contributed by atoms with Crippen LogP contribution < -0.4 is 0 Å². The van der Waals surface area contributed by atoms with Gasteiger partial charge < -0.3 is 4.57 Å². The first-order chi connectivity index (χ1) is 20.7. The molecule has 0 aliphatic carbocycles. The Labute approximate surface area is 266 Å². The van der Waals surface area contributed by atoms with E-state index in [1.807, 2.05) is 11.3 Å². The third-order valence-corrected chi connectivity index (χ3v) is 10.3. The molecule has 0 atom stereocenters. The largest absolute Gasteiger partial charge is 0.309 e. The number of aromatic nitrogens is 1. The SMILES string of the molecule is CC(C)(C)c1cc(-c2cccc3sc4ccc(-n5c6ccccc6c6ccccc65)c(C(C)(C)C)c4c23)cc(C(C)(C)C)c1. The first-order valence-electron chi connectivity index (χ1n) is 15.9. The minimum atomic E-state index is -0.0910. The summed E-state index contributed by atoms with van der Waals surface area (Å²) in [5.74, 6) is 0. The molecule has 0 amide bonds. The molecule has 1 nitrogen and oxygen atoms in total. The van der Waals surface area contributed by atoms with Gasteiger partial charge in [0.05, 0.1) is 16.7 Å². The van der Waals surface area contributed by atoms with Gasteiger partial charge in [0, 0.05) is 30.9 Å². The van der Waals surface area contributed by atoms with Crippen molar-refractivity contribution >= 4 is 53.3 Å². The van der Waals surface area contributed by atoms with E-state index in [4.69, 9.17) is 0 Å². The summed E-state index contributed by atoms with van der Waals surface area (Å²) in [4.78, 5) is 0. The summed E-state index contributed by atoms with van der Waals surface area (Å²) in [6.07, 6.45) is 0. The second-order valence-electron chi connectivity index (χ2n) is 15.5. The van der Waals surface area contributed by atoms with Gasteiger partial charge >= 0.3 is 0 Å². The Hall–Kier alpha value is -3.88. The van der Waals surface area contributed by atoms with Gasteiger partial charge in [-0.15, -0.1) is 11.3 Å². The van der Waals surface area contributed by atoms with Crippen LogP contribution in [0.25, 0.3) is 58.8 Å². The van der Waals surface area contributed by atoms with Crippen molar-refractivity contribution in [2.45, 2.75) is 78.6 Å². The molecule has 0 aliphatic heterocycles. The van der Waals surface area contributed by atoms with Crippen LogP contribution in [-0.4, -0.2) is 4.57 Å². The van der Waals surface area contributed by atoms with E-state index < -0.39 is 0 Å². The first kappa shape index (κ1) is 28.9. The minimum absolute atomic E-state index is 0.0564. The van der Waals surface area contributed by atoms with Crippen LogP contribution in [0.1, 0.15) is 79.0 Å². The van der Waals surface area contributed by atoms with Gasteiger partial charge in [-0.2, -0.15) is 0 Å². The lowest BCUT2D eigenvalue weighted by Gasteiger charge is -2.27. The number of fused-ring (bicyclic) bond motifs is 6. The molecule has 2 aromatic heterocycles. The predicted molar refractivity (Wildman–Crippen MR) is 195 cm³/mol. The highest BCUT2D eigenvalue weighted by molar-refractivity contribution is 7.26. The van der Waals surface area contributed by atoms with Gasteiger partial charge in [0.15, 0.2) is 0 Å². The summed E-state index contributed by atoms with van der Waals surface area (Å²) in [5.41, 5.74) is 10.6. The first-order valence-corrected chi connectivity index (χ1v) is 16.7. The molecule has 2 heterocycles. The third-order valence-electron chi connectivity index (χ3n) is 9.19. The molecule has 0 spiro atoms. The van der Waals surface area contributed by atoms with Gasteiger partial charge in [-0.25, -0.2) is 0 Å². The fourth-order valence-electron chi connectivity index (χ4n) is 6.92. The predicted octanol–water partition coefficient (Wildman–Crippen LogP) is 12.7. The molecule has 222 valence electrons. The Kier molecular flexibility index (Phi) is 6.44. The van der Waals surface area contributed by atoms with E-state index in [-0.39, 0.29) is 16.2 Å². The zero-order valence-electron chi connectivity index (χ0n) is 27.6. The van der Waals surface area contributed by atoms with Crippen LogP contribution in [0.3, 0.4) is 0 Å². The topological polar surface area (TPSA) is 4.93 Å². The van der Waals surface area contributed by atoms with E-state index in [9.17, 15) is 0 Å². The van der Waals surface area contributed by atoms with Gasteiger partial charge in [0.25, 0.3) is 0 Å². The monoisotopic (exact) mass is 593 g/mol. The summed E-state index contributed by atoms with van der Waals surface area (Å²) in [5, 5.41) is 5.37. The molecule has 2 heteroatoms. The van der Waals surface area contributed by atoms with Crippen molar-refractivity contribution in [3.05, 3.63) is 114 Å². The van der Waals surface area contributed by atoms with E-state index in [1.165, 1.54) is 75.5 Å². The molecule has 0 fully saturated rings. The van der Waals surface area contributed by atoms with Crippen LogP contribution in [0.2, 0.25) is 0 Å². The van der Waals surface area contributed by atoms with E-state index in [1.54, 1.807) is 0 Å². The molecule has 0 radical (unpaired) electrons. The lowest BCUT2D eigenvalue weighted by Crippen LogP contribution is -2.16. The second-order valence-corrected chi connectivity index (χ2v) is 16.6. The van der Waals surface area contributed by atoms with E-state index in [0.29, 0.717) is 0 Å². The summed E-state index contributed by atoms with van der Waals surface area (Å²) < 4.78 is 5.21. The van der Waals surface area contributed by atoms with Crippen molar-refractivity contribution in [3.8, 4) is 16.8 Å². The van der Waals surface area contributed by atoms with Crippen LogP contribution in [0.4, 0.5) is 0 Å². The van der Waals surface area contributed by atoms with E-state index in [0.717, 1.165) is 0 Å². The van der Waals surface area contributed by atoms with E-state index in [2.05, 4.69) is 164 Å². The van der Waals surface area contributed by atoms with Crippen molar-refractivity contribution in [1.29, 1.82) is 0 Å². The Bertz CT molecular complexity index is 2130. The van der Waals surface area contributed by atoms with Crippen LogP contribution in [0.15, 0.2) is 97.1 Å². The van der Waals surface area contributed by atoms with Crippen LogP contribution in [0.5, 0.6) is 0 Å². The number of rotatable bonds is 2. The third kappa shape index (κ3) is 4.58. The summed E-state index contributed by atoms with van der Waals surface area (Å²) >= 11 is 1.92. The molecule has 0 saturated heterocycles. The molecule has 44 heavy (non-hydrogen) atoms. The Balaban J connectivity index is 1.63. The van der Waals surface area contributed by atoms with Gasteiger partial charge in [-0.3, -0.25) is 0 Å². The van der Waals surface area contributed by atoms with Gasteiger partial charge in [-0.1, -0.05) is 129 Å². The Morgan fingerprint density at radius 3 is 1.59 bits per heavy atom. The molecule has 7 aromatic rings. The van der Waals surface area contributed by atoms with Crippen molar-refractivity contribution < 1.29 is 0 Å². The molecule has 0 N–H and O–H groups in total. The number of thiophene rings is 1. The molecule has 0 aliphatic rings. The summed E-state index contributed by atoms with van der Waals surface area (Å²) in [6, 6.07) is 36.7. The Morgan fingerprint density at radius 2 is 1.05 bits per heavy atom. The fraction of sp³-hybridized carbons (Fsp3) is 0.286. The number of hydrogen-bond acceptors (Lipinski definition) is 1. The lowest BCUT2D eigenvalue weighted by molar-refractivity contribution is 0.569. The number of hydrogen-bond donors (Lipinski definition) is 0. The molecule has 0 unspecified atom stereocenters. The number of para-hydroxylation sites is 2. The zero-order chi connectivity index (χ0) is 31.2.